The van der Waals surface area contributed by atoms with Gasteiger partial charge in [0.05, 0.1) is 0 Å². The number of anilines is 1. The number of hydrogen-bond acceptors (Lipinski definition) is 1. The topological polar surface area (TPSA) is 6.25 Å². The summed E-state index contributed by atoms with van der Waals surface area (Å²) in [7, 11) is 0. The van der Waals surface area contributed by atoms with Gasteiger partial charge in [-0.15, -0.1) is 0 Å². The molecule has 4 fully saturated rings. The first kappa shape index (κ1) is 36.0. The summed E-state index contributed by atoms with van der Waals surface area (Å²) in [5.74, 6) is 2.61. The van der Waals surface area contributed by atoms with Crippen molar-refractivity contribution in [1.29, 1.82) is 0 Å². The minimum atomic E-state index is 0.612. The van der Waals surface area contributed by atoms with Crippen molar-refractivity contribution in [3.8, 4) is 0 Å². The third kappa shape index (κ3) is 6.49. The summed E-state index contributed by atoms with van der Waals surface area (Å²) >= 11 is 0. The lowest BCUT2D eigenvalue weighted by Crippen LogP contribution is -2.22. The van der Waals surface area contributed by atoms with Crippen LogP contribution in [0.1, 0.15) is 174 Å². The monoisotopic (exact) mass is 751 g/mol. The zero-order chi connectivity index (χ0) is 37.7. The van der Waals surface area contributed by atoms with Gasteiger partial charge in [-0.1, -0.05) is 150 Å². The molecule has 1 heterocycles. The highest BCUT2D eigenvalue weighted by Gasteiger charge is 2.36. The van der Waals surface area contributed by atoms with Crippen LogP contribution in [0.3, 0.4) is 0 Å². The molecule has 4 aliphatic carbocycles. The third-order valence-corrected chi connectivity index (χ3v) is 15.7. The summed E-state index contributed by atoms with van der Waals surface area (Å²) in [4.78, 5) is 2.76. The standard InChI is InChI=1S/C55H63N2/c1-5-17-38(18-6-1)42-29-31-46-44-25-13-15-27-48(44)52(40-21-9-3-10-22-40)54(50(46)35-42)56-33-34-57(37-56)55-51-36-43(39-19-7-2-8-20-39)30-32-47(51)45-26-14-16-28-49(45)53(55)41-23-11-4-12-24-41/h13-16,25-32,35-41H,1-12,17-24,33-34H2/q+1. The molecule has 0 spiro atoms. The summed E-state index contributed by atoms with van der Waals surface area (Å²) in [6, 6.07) is 34.4. The lowest BCUT2D eigenvalue weighted by atomic mass is 9.78. The molecule has 2 heteroatoms. The Morgan fingerprint density at radius 3 is 1.35 bits per heavy atom. The highest BCUT2D eigenvalue weighted by molar-refractivity contribution is 6.18. The molecule has 0 aromatic heterocycles. The first-order valence-electron chi connectivity index (χ1n) is 23.6. The van der Waals surface area contributed by atoms with E-state index in [0.29, 0.717) is 23.7 Å². The second-order valence-corrected chi connectivity index (χ2v) is 19.1. The zero-order valence-electron chi connectivity index (χ0n) is 34.4. The van der Waals surface area contributed by atoms with Gasteiger partial charge in [0.1, 0.15) is 24.5 Å². The van der Waals surface area contributed by atoms with Crippen molar-refractivity contribution >= 4 is 60.8 Å². The third-order valence-electron chi connectivity index (χ3n) is 15.7. The van der Waals surface area contributed by atoms with Crippen molar-refractivity contribution in [2.24, 2.45) is 0 Å². The Kier molecular flexibility index (Phi) is 9.80. The molecule has 6 aromatic rings. The lowest BCUT2D eigenvalue weighted by molar-refractivity contribution is -0.423. The van der Waals surface area contributed by atoms with Gasteiger partial charge >= 0.3 is 0 Å². The molecule has 57 heavy (non-hydrogen) atoms. The number of hydrogen-bond donors (Lipinski definition) is 0. The normalized spacial score (nSPS) is 21.0. The van der Waals surface area contributed by atoms with Gasteiger partial charge in [0, 0.05) is 21.9 Å². The van der Waals surface area contributed by atoms with Crippen LogP contribution in [0, 0.1) is 0 Å². The Bertz CT molecular complexity index is 2460. The average molecular weight is 752 g/mol. The fourth-order valence-electron chi connectivity index (χ4n) is 12.9. The van der Waals surface area contributed by atoms with Gasteiger partial charge in [-0.3, -0.25) is 0 Å². The molecular weight excluding hydrogens is 689 g/mol. The van der Waals surface area contributed by atoms with E-state index in [-0.39, 0.29) is 0 Å². The van der Waals surface area contributed by atoms with Gasteiger partial charge in [0.2, 0.25) is 6.34 Å². The predicted molar refractivity (Wildman–Crippen MR) is 244 cm³/mol. The van der Waals surface area contributed by atoms with E-state index in [1.54, 1.807) is 22.3 Å². The molecule has 0 radical (unpaired) electrons. The van der Waals surface area contributed by atoms with E-state index in [4.69, 9.17) is 0 Å². The van der Waals surface area contributed by atoms with E-state index >= 15 is 0 Å². The second kappa shape index (κ2) is 15.5. The van der Waals surface area contributed by atoms with Crippen LogP contribution in [0.4, 0.5) is 11.4 Å². The van der Waals surface area contributed by atoms with Crippen LogP contribution in [0.2, 0.25) is 0 Å². The molecule has 5 aliphatic rings. The molecule has 0 saturated heterocycles. The quantitative estimate of drug-likeness (QED) is 0.121. The highest BCUT2D eigenvalue weighted by Crippen LogP contribution is 2.50. The van der Waals surface area contributed by atoms with Gasteiger partial charge in [-0.2, -0.15) is 0 Å². The maximum Gasteiger partial charge on any atom is 0.244 e. The summed E-state index contributed by atoms with van der Waals surface area (Å²) in [5.41, 5.74) is 9.52. The van der Waals surface area contributed by atoms with E-state index < -0.39 is 0 Å². The Balaban J connectivity index is 1.16. The smallest absolute Gasteiger partial charge is 0.229 e. The molecule has 4 saturated carbocycles. The molecule has 6 aromatic carbocycles. The molecule has 1 aliphatic heterocycles. The minimum Gasteiger partial charge on any atom is -0.229 e. The Morgan fingerprint density at radius 1 is 0.386 bits per heavy atom. The van der Waals surface area contributed by atoms with E-state index in [9.17, 15) is 0 Å². The maximum absolute atomic E-state index is 2.76. The van der Waals surface area contributed by atoms with Gasteiger partial charge in [-0.05, 0) is 131 Å². The number of nitrogens with zero attached hydrogens (tertiary/aromatic N) is 2. The van der Waals surface area contributed by atoms with Crippen molar-refractivity contribution in [1.82, 2.24) is 0 Å². The average Bonchev–Trinajstić information content (AvgIpc) is 3.78. The summed E-state index contributed by atoms with van der Waals surface area (Å²) in [6.07, 6.45) is 29.7. The van der Waals surface area contributed by atoms with Crippen LogP contribution in [-0.2, 0) is 0 Å². The second-order valence-electron chi connectivity index (χ2n) is 19.1. The van der Waals surface area contributed by atoms with Crippen LogP contribution in [0.5, 0.6) is 0 Å². The first-order valence-corrected chi connectivity index (χ1v) is 23.6. The molecule has 0 unspecified atom stereocenters. The van der Waals surface area contributed by atoms with Gasteiger partial charge in [0.15, 0.2) is 0 Å². The van der Waals surface area contributed by atoms with E-state index in [2.05, 4.69) is 101 Å². The first-order chi connectivity index (χ1) is 28.3. The Morgan fingerprint density at radius 2 is 0.807 bits per heavy atom. The number of benzene rings is 6. The Hall–Kier alpha value is -4.17. The predicted octanol–water partition coefficient (Wildman–Crippen LogP) is 15.7. The van der Waals surface area contributed by atoms with Crippen molar-refractivity contribution in [3.63, 3.8) is 0 Å². The molecular formula is C55H63N2+. The van der Waals surface area contributed by atoms with Crippen LogP contribution in [0.15, 0.2) is 84.9 Å². The van der Waals surface area contributed by atoms with Crippen molar-refractivity contribution in [2.75, 3.05) is 18.0 Å². The van der Waals surface area contributed by atoms with Crippen LogP contribution in [0.25, 0.3) is 43.1 Å². The van der Waals surface area contributed by atoms with Crippen LogP contribution >= 0.6 is 0 Å². The summed E-state index contributed by atoms with van der Waals surface area (Å²) in [6.45, 7) is 2.06. The van der Waals surface area contributed by atoms with Gasteiger partial charge in [-0.25, -0.2) is 9.48 Å². The molecule has 292 valence electrons. The fraction of sp³-hybridized carbons (Fsp3) is 0.473. The summed E-state index contributed by atoms with van der Waals surface area (Å²) < 4.78 is 2.76. The SMILES string of the molecule is C1=[N+](c2c(C3CCCCC3)c3ccccc3c3ccc(C4CCCCC4)cc23)CCN1c1c(C2CCCCC2)c2ccccc2c2ccc(C3CCCCC3)cc12. The van der Waals surface area contributed by atoms with E-state index in [0.717, 1.165) is 13.1 Å². The lowest BCUT2D eigenvalue weighted by Gasteiger charge is -2.28. The highest BCUT2D eigenvalue weighted by atomic mass is 15.3. The van der Waals surface area contributed by atoms with Crippen molar-refractivity contribution < 1.29 is 4.58 Å². The largest absolute Gasteiger partial charge is 0.244 e. The van der Waals surface area contributed by atoms with E-state index in [1.807, 2.05) is 0 Å². The van der Waals surface area contributed by atoms with Crippen molar-refractivity contribution in [2.45, 2.75) is 152 Å². The fourth-order valence-corrected chi connectivity index (χ4v) is 12.9. The number of fused-ring (bicyclic) bond motifs is 6. The minimum absolute atomic E-state index is 0.612. The number of rotatable bonds is 6. The van der Waals surface area contributed by atoms with Crippen LogP contribution < -0.4 is 4.90 Å². The molecule has 0 amide bonds. The maximum atomic E-state index is 2.76. The van der Waals surface area contributed by atoms with E-state index in [1.165, 1.54) is 183 Å². The molecule has 11 rings (SSSR count). The van der Waals surface area contributed by atoms with Crippen molar-refractivity contribution in [3.05, 3.63) is 107 Å². The molecule has 0 N–H and O–H groups in total. The van der Waals surface area contributed by atoms with Crippen LogP contribution in [-0.4, -0.2) is 24.0 Å². The molecule has 2 nitrogen and oxygen atoms in total. The Labute approximate surface area is 341 Å². The zero-order valence-corrected chi connectivity index (χ0v) is 34.4. The summed E-state index contributed by atoms with van der Waals surface area (Å²) in [5, 5.41) is 11.8. The van der Waals surface area contributed by atoms with Gasteiger partial charge in [0.25, 0.3) is 0 Å². The molecule has 0 bridgehead atoms. The van der Waals surface area contributed by atoms with Gasteiger partial charge < -0.3 is 0 Å². The molecule has 0 atom stereocenters.